The maximum Gasteiger partial charge on any atom is 0.122 e. The number of nitrogens with one attached hydrogen (secondary N) is 1. The molecule has 1 aromatic carbocycles. The fraction of sp³-hybridized carbons (Fsp3) is 0.647. The summed E-state index contributed by atoms with van der Waals surface area (Å²) in [4.78, 5) is 0. The van der Waals surface area contributed by atoms with Gasteiger partial charge in [-0.25, -0.2) is 0 Å². The molecule has 21 heavy (non-hydrogen) atoms. The van der Waals surface area contributed by atoms with E-state index in [1.165, 1.54) is 5.56 Å². The summed E-state index contributed by atoms with van der Waals surface area (Å²) in [6.07, 6.45) is 3.64. The SMILES string of the molecule is Cc1ccc(OCC(O)CNCCCCCCO)c(C)c1. The average molecular weight is 295 g/mol. The molecule has 1 aromatic rings. The number of aliphatic hydroxyl groups excluding tert-OH is 2. The summed E-state index contributed by atoms with van der Waals surface area (Å²) in [5, 5.41) is 21.8. The first kappa shape index (κ1) is 18.0. The van der Waals surface area contributed by atoms with Gasteiger partial charge in [-0.2, -0.15) is 0 Å². The molecule has 0 saturated carbocycles. The Balaban J connectivity index is 2.09. The van der Waals surface area contributed by atoms with Crippen LogP contribution in [0.15, 0.2) is 18.2 Å². The topological polar surface area (TPSA) is 61.7 Å². The van der Waals surface area contributed by atoms with Crippen LogP contribution >= 0.6 is 0 Å². The Kier molecular flexibility index (Phi) is 9.06. The molecule has 4 heteroatoms. The first-order chi connectivity index (χ1) is 10.1. The number of ether oxygens (including phenoxy) is 1. The number of hydrogen-bond acceptors (Lipinski definition) is 4. The Labute approximate surface area is 128 Å². The number of rotatable bonds is 11. The molecule has 0 aliphatic heterocycles. The van der Waals surface area contributed by atoms with E-state index in [4.69, 9.17) is 9.84 Å². The van der Waals surface area contributed by atoms with Gasteiger partial charge in [-0.15, -0.1) is 0 Å². The van der Waals surface area contributed by atoms with Crippen molar-refractivity contribution in [1.29, 1.82) is 0 Å². The molecule has 0 spiro atoms. The summed E-state index contributed by atoms with van der Waals surface area (Å²) in [5.41, 5.74) is 2.31. The Morgan fingerprint density at radius 1 is 1.14 bits per heavy atom. The molecule has 1 atom stereocenters. The van der Waals surface area contributed by atoms with Gasteiger partial charge in [-0.3, -0.25) is 0 Å². The van der Waals surface area contributed by atoms with Crippen molar-refractivity contribution < 1.29 is 14.9 Å². The molecule has 1 rings (SSSR count). The second kappa shape index (κ2) is 10.6. The molecule has 4 nitrogen and oxygen atoms in total. The Hall–Kier alpha value is -1.10. The monoisotopic (exact) mass is 295 g/mol. The fourth-order valence-electron chi connectivity index (χ4n) is 2.19. The summed E-state index contributed by atoms with van der Waals surface area (Å²) in [6, 6.07) is 6.04. The lowest BCUT2D eigenvalue weighted by Gasteiger charge is -2.15. The third kappa shape index (κ3) is 8.05. The molecule has 0 fully saturated rings. The normalized spacial score (nSPS) is 12.4. The minimum Gasteiger partial charge on any atom is -0.491 e. The highest BCUT2D eigenvalue weighted by atomic mass is 16.5. The van der Waals surface area contributed by atoms with Crippen molar-refractivity contribution >= 4 is 0 Å². The molecule has 0 aliphatic carbocycles. The van der Waals surface area contributed by atoms with Crippen molar-refractivity contribution in [2.24, 2.45) is 0 Å². The van der Waals surface area contributed by atoms with Crippen molar-refractivity contribution in [3.05, 3.63) is 29.3 Å². The van der Waals surface area contributed by atoms with Gasteiger partial charge < -0.3 is 20.3 Å². The van der Waals surface area contributed by atoms with Gasteiger partial charge in [0.1, 0.15) is 18.5 Å². The molecule has 0 saturated heterocycles. The predicted molar refractivity (Wildman–Crippen MR) is 85.8 cm³/mol. The van der Waals surface area contributed by atoms with Crippen LogP contribution in [0.5, 0.6) is 5.75 Å². The molecule has 0 amide bonds. The lowest BCUT2D eigenvalue weighted by atomic mass is 10.1. The van der Waals surface area contributed by atoms with Gasteiger partial charge in [0.15, 0.2) is 0 Å². The van der Waals surface area contributed by atoms with E-state index < -0.39 is 6.10 Å². The standard InChI is InChI=1S/C17H29NO3/c1-14-7-8-17(15(2)11-14)21-13-16(20)12-18-9-5-3-4-6-10-19/h7-8,11,16,18-20H,3-6,9-10,12-13H2,1-2H3. The van der Waals surface area contributed by atoms with Crippen LogP contribution in [0.25, 0.3) is 0 Å². The third-order valence-corrected chi connectivity index (χ3v) is 3.40. The van der Waals surface area contributed by atoms with Gasteiger partial charge in [-0.05, 0) is 44.9 Å². The van der Waals surface area contributed by atoms with Crippen LogP contribution in [-0.4, -0.2) is 42.6 Å². The highest BCUT2D eigenvalue weighted by molar-refractivity contribution is 5.35. The van der Waals surface area contributed by atoms with E-state index in [0.29, 0.717) is 13.2 Å². The van der Waals surface area contributed by atoms with Crippen molar-refractivity contribution in [2.45, 2.75) is 45.6 Å². The maximum absolute atomic E-state index is 9.88. The van der Waals surface area contributed by atoms with Gasteiger partial charge in [0.25, 0.3) is 0 Å². The molecule has 120 valence electrons. The lowest BCUT2D eigenvalue weighted by molar-refractivity contribution is 0.106. The molecule has 0 radical (unpaired) electrons. The minimum atomic E-state index is -0.497. The molecule has 0 aromatic heterocycles. The second-order valence-electron chi connectivity index (χ2n) is 5.58. The first-order valence-electron chi connectivity index (χ1n) is 7.83. The number of aliphatic hydroxyl groups is 2. The molecular formula is C17H29NO3. The fourth-order valence-corrected chi connectivity index (χ4v) is 2.19. The van der Waals surface area contributed by atoms with E-state index in [1.54, 1.807) is 0 Å². The van der Waals surface area contributed by atoms with Crippen molar-refractivity contribution in [3.63, 3.8) is 0 Å². The molecular weight excluding hydrogens is 266 g/mol. The van der Waals surface area contributed by atoms with Crippen LogP contribution in [-0.2, 0) is 0 Å². The van der Waals surface area contributed by atoms with E-state index in [1.807, 2.05) is 19.1 Å². The molecule has 0 bridgehead atoms. The van der Waals surface area contributed by atoms with Gasteiger partial charge in [0.05, 0.1) is 0 Å². The van der Waals surface area contributed by atoms with E-state index in [0.717, 1.165) is 43.5 Å². The van der Waals surface area contributed by atoms with E-state index in [2.05, 4.69) is 18.3 Å². The summed E-state index contributed by atoms with van der Waals surface area (Å²) in [7, 11) is 0. The van der Waals surface area contributed by atoms with Gasteiger partial charge in [0.2, 0.25) is 0 Å². The van der Waals surface area contributed by atoms with Crippen LogP contribution < -0.4 is 10.1 Å². The number of hydrogen-bond donors (Lipinski definition) is 3. The summed E-state index contributed by atoms with van der Waals surface area (Å²) in [6.45, 7) is 6.09. The van der Waals surface area contributed by atoms with E-state index >= 15 is 0 Å². The Bertz CT molecular complexity index is 396. The van der Waals surface area contributed by atoms with Crippen LogP contribution in [0.2, 0.25) is 0 Å². The largest absolute Gasteiger partial charge is 0.491 e. The number of aryl methyl sites for hydroxylation is 2. The number of unbranched alkanes of at least 4 members (excludes halogenated alkanes) is 3. The molecule has 0 aliphatic rings. The van der Waals surface area contributed by atoms with Crippen LogP contribution in [0.1, 0.15) is 36.8 Å². The summed E-state index contributed by atoms with van der Waals surface area (Å²) >= 11 is 0. The highest BCUT2D eigenvalue weighted by Gasteiger charge is 2.06. The van der Waals surface area contributed by atoms with Crippen LogP contribution in [0, 0.1) is 13.8 Å². The second-order valence-corrected chi connectivity index (χ2v) is 5.58. The van der Waals surface area contributed by atoms with Gasteiger partial charge in [-0.1, -0.05) is 30.5 Å². The third-order valence-electron chi connectivity index (χ3n) is 3.40. The van der Waals surface area contributed by atoms with Crippen LogP contribution in [0.4, 0.5) is 0 Å². The average Bonchev–Trinajstić information content (AvgIpc) is 2.45. The van der Waals surface area contributed by atoms with Crippen LogP contribution in [0.3, 0.4) is 0 Å². The molecule has 3 N–H and O–H groups in total. The van der Waals surface area contributed by atoms with Crippen molar-refractivity contribution in [1.82, 2.24) is 5.32 Å². The van der Waals surface area contributed by atoms with E-state index in [9.17, 15) is 5.11 Å². The molecule has 0 heterocycles. The predicted octanol–water partition coefficient (Wildman–Crippen LogP) is 2.19. The Morgan fingerprint density at radius 3 is 2.62 bits per heavy atom. The van der Waals surface area contributed by atoms with Crippen molar-refractivity contribution in [3.8, 4) is 5.75 Å². The summed E-state index contributed by atoms with van der Waals surface area (Å²) < 4.78 is 5.65. The minimum absolute atomic E-state index is 0.280. The maximum atomic E-state index is 9.88. The Morgan fingerprint density at radius 2 is 1.90 bits per heavy atom. The summed E-state index contributed by atoms with van der Waals surface area (Å²) in [5.74, 6) is 0.837. The first-order valence-corrected chi connectivity index (χ1v) is 7.83. The van der Waals surface area contributed by atoms with E-state index in [-0.39, 0.29) is 6.61 Å². The lowest BCUT2D eigenvalue weighted by Crippen LogP contribution is -2.32. The zero-order chi connectivity index (χ0) is 15.5. The van der Waals surface area contributed by atoms with Gasteiger partial charge in [0, 0.05) is 13.2 Å². The molecule has 1 unspecified atom stereocenters. The highest BCUT2D eigenvalue weighted by Crippen LogP contribution is 2.18. The zero-order valence-corrected chi connectivity index (χ0v) is 13.3. The quantitative estimate of drug-likeness (QED) is 0.548. The zero-order valence-electron chi connectivity index (χ0n) is 13.3. The smallest absolute Gasteiger partial charge is 0.122 e. The number of benzene rings is 1. The van der Waals surface area contributed by atoms with Gasteiger partial charge >= 0.3 is 0 Å². The van der Waals surface area contributed by atoms with Crippen molar-refractivity contribution in [2.75, 3.05) is 26.3 Å².